The average Bonchev–Trinajstić information content (AvgIpc) is 3.82. The molecule has 1 aliphatic carbocycles. The van der Waals surface area contributed by atoms with Crippen molar-refractivity contribution in [3.8, 4) is 22.4 Å². The molecular formula is C31H29N9O. The van der Waals surface area contributed by atoms with E-state index < -0.39 is 0 Å². The zero-order valence-electron chi connectivity index (χ0n) is 22.9. The Bertz CT molecular complexity index is 2140. The van der Waals surface area contributed by atoms with Crippen molar-refractivity contribution in [3.05, 3.63) is 83.6 Å². The maximum Gasteiger partial charge on any atom is 0.329 e. The van der Waals surface area contributed by atoms with Crippen molar-refractivity contribution in [2.24, 2.45) is 14.1 Å². The van der Waals surface area contributed by atoms with Crippen molar-refractivity contribution in [2.75, 3.05) is 0 Å². The van der Waals surface area contributed by atoms with Gasteiger partial charge in [-0.3, -0.25) is 23.5 Å². The van der Waals surface area contributed by atoms with Gasteiger partial charge in [0, 0.05) is 55.2 Å². The molecule has 10 heteroatoms. The number of pyridine rings is 2. The zero-order valence-corrected chi connectivity index (χ0v) is 22.9. The molecule has 8 rings (SSSR count). The highest BCUT2D eigenvalue weighted by Gasteiger charge is 2.28. The zero-order chi connectivity index (χ0) is 27.7. The predicted octanol–water partition coefficient (Wildman–Crippen LogP) is 5.19. The van der Waals surface area contributed by atoms with Crippen molar-refractivity contribution in [1.82, 2.24) is 43.6 Å². The molecule has 1 saturated carbocycles. The summed E-state index contributed by atoms with van der Waals surface area (Å²) < 4.78 is 7.59. The van der Waals surface area contributed by atoms with Gasteiger partial charge in [-0.25, -0.2) is 9.78 Å². The molecule has 1 N–H and O–H groups in total. The molecule has 0 aliphatic heterocycles. The fourth-order valence-electron chi connectivity index (χ4n) is 6.56. The van der Waals surface area contributed by atoms with E-state index in [1.54, 1.807) is 17.0 Å². The second-order valence-electron chi connectivity index (χ2n) is 11.1. The summed E-state index contributed by atoms with van der Waals surface area (Å²) in [7, 11) is 3.80. The molecule has 6 aromatic heterocycles. The van der Waals surface area contributed by atoms with Gasteiger partial charge in [-0.05, 0) is 48.2 Å². The van der Waals surface area contributed by atoms with Gasteiger partial charge in [0.1, 0.15) is 5.65 Å². The molecule has 0 amide bonds. The number of H-pyrrole nitrogens is 1. The van der Waals surface area contributed by atoms with Crippen molar-refractivity contribution >= 4 is 33.0 Å². The first-order valence-electron chi connectivity index (χ1n) is 14.0. The minimum Gasteiger partial charge on any atom is -0.339 e. The Kier molecular flexibility index (Phi) is 5.25. The van der Waals surface area contributed by atoms with Crippen LogP contribution in [0.3, 0.4) is 0 Å². The van der Waals surface area contributed by atoms with E-state index in [9.17, 15) is 4.79 Å². The Morgan fingerprint density at radius 3 is 2.61 bits per heavy atom. The molecule has 41 heavy (non-hydrogen) atoms. The van der Waals surface area contributed by atoms with E-state index in [2.05, 4.69) is 39.5 Å². The van der Waals surface area contributed by atoms with Crippen LogP contribution in [0.2, 0.25) is 0 Å². The number of hydrogen-bond donors (Lipinski definition) is 1. The van der Waals surface area contributed by atoms with E-state index in [1.165, 1.54) is 0 Å². The largest absolute Gasteiger partial charge is 0.339 e. The number of benzene rings is 1. The average molecular weight is 544 g/mol. The Labute approximate surface area is 234 Å². The molecule has 1 aliphatic rings. The van der Waals surface area contributed by atoms with Crippen LogP contribution in [0.1, 0.15) is 37.3 Å². The number of nitrogens with zero attached hydrogens (tertiary/aromatic N) is 8. The van der Waals surface area contributed by atoms with Crippen LogP contribution in [-0.2, 0) is 20.6 Å². The van der Waals surface area contributed by atoms with E-state index >= 15 is 0 Å². The molecule has 0 spiro atoms. The van der Waals surface area contributed by atoms with E-state index in [-0.39, 0.29) is 11.7 Å². The van der Waals surface area contributed by atoms with Crippen LogP contribution in [-0.4, -0.2) is 43.6 Å². The fourth-order valence-corrected chi connectivity index (χ4v) is 6.56. The van der Waals surface area contributed by atoms with Gasteiger partial charge in [0.15, 0.2) is 0 Å². The highest BCUT2D eigenvalue weighted by molar-refractivity contribution is 6.14. The van der Waals surface area contributed by atoms with Crippen LogP contribution in [0.5, 0.6) is 0 Å². The molecule has 6 heterocycles. The highest BCUT2D eigenvalue weighted by atomic mass is 16.1. The molecule has 10 nitrogen and oxygen atoms in total. The second kappa shape index (κ2) is 9.02. The van der Waals surface area contributed by atoms with Crippen molar-refractivity contribution in [3.63, 3.8) is 0 Å². The summed E-state index contributed by atoms with van der Waals surface area (Å²) >= 11 is 0. The van der Waals surface area contributed by atoms with Crippen molar-refractivity contribution < 1.29 is 0 Å². The molecule has 0 saturated heterocycles. The van der Waals surface area contributed by atoms with Gasteiger partial charge in [-0.2, -0.15) is 10.2 Å². The minimum absolute atomic E-state index is 0.0165. The Morgan fingerprint density at radius 1 is 0.951 bits per heavy atom. The van der Waals surface area contributed by atoms with Crippen molar-refractivity contribution in [1.29, 1.82) is 0 Å². The standard InChI is InChI=1S/C31H29N9O/c1-37-25-16-33-30-27(29(25)40(31(37)41)23-5-3-4-6-23)26(20-7-8-24-21(13-20)14-34-38(24)2)28(36-30)22-15-35-39(18-22)17-19-9-11-32-12-10-19/h7-16,18,23H,3-6,17H2,1-2H3,(H,33,36). The summed E-state index contributed by atoms with van der Waals surface area (Å²) in [5.41, 5.74) is 8.70. The molecule has 7 aromatic rings. The number of fused-ring (bicyclic) bond motifs is 4. The Balaban J connectivity index is 1.41. The minimum atomic E-state index is 0.0165. The van der Waals surface area contributed by atoms with Gasteiger partial charge in [0.2, 0.25) is 0 Å². The molecule has 1 aromatic carbocycles. The van der Waals surface area contributed by atoms with E-state index in [0.717, 1.165) is 86.6 Å². The Morgan fingerprint density at radius 2 is 1.78 bits per heavy atom. The quantitative estimate of drug-likeness (QED) is 0.322. The van der Waals surface area contributed by atoms with Gasteiger partial charge < -0.3 is 4.98 Å². The molecular weight excluding hydrogens is 514 g/mol. The van der Waals surface area contributed by atoms with Gasteiger partial charge in [-0.1, -0.05) is 18.9 Å². The Hall–Kier alpha value is -4.99. The lowest BCUT2D eigenvalue weighted by Crippen LogP contribution is -2.24. The van der Waals surface area contributed by atoms with E-state index in [0.29, 0.717) is 6.54 Å². The van der Waals surface area contributed by atoms with Crippen LogP contribution in [0, 0.1) is 0 Å². The summed E-state index contributed by atoms with van der Waals surface area (Å²) in [6, 6.07) is 10.6. The molecule has 0 radical (unpaired) electrons. The normalized spacial score (nSPS) is 14.3. The SMILES string of the molecule is Cn1ncc2cc(-c3c(-c4cnn(Cc5ccncc5)c4)[nH]c4ncc5c(c34)n(C3CCCC3)c(=O)n5C)ccc21. The number of aromatic amines is 1. The summed E-state index contributed by atoms with van der Waals surface area (Å²) in [6.07, 6.45) is 15.6. The molecule has 0 atom stereocenters. The first-order chi connectivity index (χ1) is 20.1. The van der Waals surface area contributed by atoms with Crippen LogP contribution < -0.4 is 5.69 Å². The van der Waals surface area contributed by atoms with Crippen LogP contribution in [0.15, 0.2) is 72.3 Å². The summed E-state index contributed by atoms with van der Waals surface area (Å²) in [4.78, 5) is 26.3. The summed E-state index contributed by atoms with van der Waals surface area (Å²) in [6.45, 7) is 0.641. The second-order valence-corrected chi connectivity index (χ2v) is 11.1. The fraction of sp³-hybridized carbons (Fsp3) is 0.258. The number of nitrogens with one attached hydrogen (secondary N) is 1. The number of aromatic nitrogens is 9. The first-order valence-corrected chi connectivity index (χ1v) is 14.0. The number of hydrogen-bond acceptors (Lipinski definition) is 5. The summed E-state index contributed by atoms with van der Waals surface area (Å²) in [5, 5.41) is 11.2. The van der Waals surface area contributed by atoms with Gasteiger partial charge in [0.25, 0.3) is 0 Å². The molecule has 1 fully saturated rings. The summed E-state index contributed by atoms with van der Waals surface area (Å²) in [5.74, 6) is 0. The highest BCUT2D eigenvalue weighted by Crippen LogP contribution is 2.43. The van der Waals surface area contributed by atoms with Gasteiger partial charge >= 0.3 is 5.69 Å². The predicted molar refractivity (Wildman–Crippen MR) is 159 cm³/mol. The smallest absolute Gasteiger partial charge is 0.329 e. The lowest BCUT2D eigenvalue weighted by atomic mass is 9.98. The monoisotopic (exact) mass is 543 g/mol. The van der Waals surface area contributed by atoms with Crippen LogP contribution >= 0.6 is 0 Å². The third-order valence-electron chi connectivity index (χ3n) is 8.61. The van der Waals surface area contributed by atoms with Crippen molar-refractivity contribution in [2.45, 2.75) is 38.3 Å². The van der Waals surface area contributed by atoms with E-state index in [4.69, 9.17) is 10.1 Å². The maximum atomic E-state index is 13.7. The van der Waals surface area contributed by atoms with Gasteiger partial charge in [-0.15, -0.1) is 0 Å². The van der Waals surface area contributed by atoms with Crippen LogP contribution in [0.4, 0.5) is 0 Å². The lowest BCUT2D eigenvalue weighted by Gasteiger charge is -2.13. The number of imidazole rings is 1. The van der Waals surface area contributed by atoms with Crippen LogP contribution in [0.25, 0.3) is 55.4 Å². The topological polar surface area (TPSA) is 104 Å². The third kappa shape index (κ3) is 3.67. The molecule has 0 bridgehead atoms. The van der Waals surface area contributed by atoms with Gasteiger partial charge in [0.05, 0.1) is 52.8 Å². The lowest BCUT2D eigenvalue weighted by molar-refractivity contribution is 0.510. The molecule has 204 valence electrons. The van der Waals surface area contributed by atoms with E-state index in [1.807, 2.05) is 58.7 Å². The number of aryl methyl sites for hydroxylation is 2. The molecule has 0 unspecified atom stereocenters. The first kappa shape index (κ1) is 23.9. The third-order valence-corrected chi connectivity index (χ3v) is 8.61. The number of rotatable bonds is 5. The maximum absolute atomic E-state index is 13.7.